The van der Waals surface area contributed by atoms with Crippen molar-refractivity contribution in [3.63, 3.8) is 0 Å². The number of nitrogens with zero attached hydrogens (tertiary/aromatic N) is 2. The number of rotatable bonds is 9. The standard InChI is InChI=1S/C17H22N4O4/c1-2-14-20-16(25-21-14)13-7-5-12(6-8-13)9-11-19-17(24)18-10-3-4-15(22)23/h5-8H,2-4,9-11H2,1H3,(H,22,23)(H2,18,19,24). The normalized spacial score (nSPS) is 10.4. The van der Waals surface area contributed by atoms with Gasteiger partial charge in [0.15, 0.2) is 5.82 Å². The number of nitrogens with one attached hydrogen (secondary N) is 2. The van der Waals surface area contributed by atoms with E-state index < -0.39 is 5.97 Å². The summed E-state index contributed by atoms with van der Waals surface area (Å²) in [4.78, 5) is 26.2. The summed E-state index contributed by atoms with van der Waals surface area (Å²) in [5.41, 5.74) is 1.94. The van der Waals surface area contributed by atoms with Crippen LogP contribution in [0.2, 0.25) is 0 Å². The summed E-state index contributed by atoms with van der Waals surface area (Å²) in [5.74, 6) is 0.317. The van der Waals surface area contributed by atoms with E-state index in [1.807, 2.05) is 31.2 Å². The molecule has 0 bridgehead atoms. The van der Waals surface area contributed by atoms with Crippen molar-refractivity contribution in [3.05, 3.63) is 35.7 Å². The van der Waals surface area contributed by atoms with Gasteiger partial charge in [-0.15, -0.1) is 0 Å². The first-order valence-electron chi connectivity index (χ1n) is 8.24. The highest BCUT2D eigenvalue weighted by Crippen LogP contribution is 2.18. The number of carbonyl (C=O) groups is 2. The average Bonchev–Trinajstić information content (AvgIpc) is 3.08. The number of hydrogen-bond acceptors (Lipinski definition) is 5. The van der Waals surface area contributed by atoms with E-state index in [1.54, 1.807) is 0 Å². The van der Waals surface area contributed by atoms with Crippen molar-refractivity contribution in [2.24, 2.45) is 0 Å². The third kappa shape index (κ3) is 6.25. The lowest BCUT2D eigenvalue weighted by molar-refractivity contribution is -0.137. The van der Waals surface area contributed by atoms with Crippen molar-refractivity contribution in [2.45, 2.75) is 32.6 Å². The van der Waals surface area contributed by atoms with Crippen LogP contribution in [0.5, 0.6) is 0 Å². The van der Waals surface area contributed by atoms with E-state index >= 15 is 0 Å². The van der Waals surface area contributed by atoms with Gasteiger partial charge >= 0.3 is 12.0 Å². The van der Waals surface area contributed by atoms with Crippen LogP contribution < -0.4 is 10.6 Å². The summed E-state index contributed by atoms with van der Waals surface area (Å²) in [6.45, 7) is 2.80. The monoisotopic (exact) mass is 346 g/mol. The van der Waals surface area contributed by atoms with Gasteiger partial charge in [0.25, 0.3) is 5.89 Å². The number of aromatic nitrogens is 2. The molecule has 3 N–H and O–H groups in total. The number of benzene rings is 1. The molecule has 0 aliphatic rings. The minimum Gasteiger partial charge on any atom is -0.481 e. The highest BCUT2D eigenvalue weighted by Gasteiger charge is 2.07. The van der Waals surface area contributed by atoms with E-state index in [4.69, 9.17) is 9.63 Å². The molecule has 134 valence electrons. The summed E-state index contributed by atoms with van der Waals surface area (Å²) < 4.78 is 5.19. The predicted octanol–water partition coefficient (Wildman–Crippen LogP) is 2.01. The fourth-order valence-corrected chi connectivity index (χ4v) is 2.15. The molecule has 0 saturated carbocycles. The van der Waals surface area contributed by atoms with Gasteiger partial charge in [-0.25, -0.2) is 4.79 Å². The van der Waals surface area contributed by atoms with Gasteiger partial charge in [-0.3, -0.25) is 4.79 Å². The quantitative estimate of drug-likeness (QED) is 0.598. The van der Waals surface area contributed by atoms with Crippen molar-refractivity contribution >= 4 is 12.0 Å². The number of aryl methyl sites for hydroxylation is 1. The summed E-state index contributed by atoms with van der Waals surface area (Å²) in [7, 11) is 0. The molecule has 0 saturated heterocycles. The van der Waals surface area contributed by atoms with Crippen LogP contribution in [0.1, 0.15) is 31.2 Å². The van der Waals surface area contributed by atoms with Gasteiger partial charge in [-0.2, -0.15) is 4.98 Å². The summed E-state index contributed by atoms with van der Waals surface area (Å²) in [6, 6.07) is 7.44. The Kier molecular flexibility index (Phi) is 6.94. The molecular formula is C17H22N4O4. The minimum absolute atomic E-state index is 0.0480. The van der Waals surface area contributed by atoms with Gasteiger partial charge in [-0.05, 0) is 30.5 Å². The van der Waals surface area contributed by atoms with Crippen LogP contribution in [0.3, 0.4) is 0 Å². The maximum atomic E-state index is 11.6. The lowest BCUT2D eigenvalue weighted by atomic mass is 10.1. The Balaban J connectivity index is 1.71. The van der Waals surface area contributed by atoms with Crippen molar-refractivity contribution in [1.82, 2.24) is 20.8 Å². The first kappa shape index (κ1) is 18.4. The fourth-order valence-electron chi connectivity index (χ4n) is 2.15. The van der Waals surface area contributed by atoms with Crippen LogP contribution in [-0.4, -0.2) is 40.3 Å². The van der Waals surface area contributed by atoms with E-state index in [9.17, 15) is 9.59 Å². The van der Waals surface area contributed by atoms with Crippen LogP contribution in [0.4, 0.5) is 4.79 Å². The summed E-state index contributed by atoms with van der Waals surface area (Å²) in [5, 5.41) is 17.7. The first-order valence-corrected chi connectivity index (χ1v) is 8.24. The third-order valence-corrected chi connectivity index (χ3v) is 3.54. The van der Waals surface area contributed by atoms with Crippen LogP contribution in [0.15, 0.2) is 28.8 Å². The van der Waals surface area contributed by atoms with E-state index in [1.165, 1.54) is 0 Å². The molecule has 1 aromatic heterocycles. The molecule has 8 heteroatoms. The van der Waals surface area contributed by atoms with Crippen molar-refractivity contribution in [2.75, 3.05) is 13.1 Å². The Labute approximate surface area is 145 Å². The van der Waals surface area contributed by atoms with Crippen LogP contribution in [0, 0.1) is 0 Å². The van der Waals surface area contributed by atoms with E-state index in [2.05, 4.69) is 20.8 Å². The molecule has 8 nitrogen and oxygen atoms in total. The molecule has 0 fully saturated rings. The predicted molar refractivity (Wildman–Crippen MR) is 91.1 cm³/mol. The molecule has 0 aliphatic carbocycles. The van der Waals surface area contributed by atoms with Gasteiger partial charge in [-0.1, -0.05) is 24.2 Å². The Morgan fingerprint density at radius 1 is 1.16 bits per heavy atom. The largest absolute Gasteiger partial charge is 0.481 e. The smallest absolute Gasteiger partial charge is 0.314 e. The number of hydrogen-bond donors (Lipinski definition) is 3. The zero-order valence-electron chi connectivity index (χ0n) is 14.1. The highest BCUT2D eigenvalue weighted by molar-refractivity contribution is 5.73. The number of amides is 2. The summed E-state index contributed by atoms with van der Waals surface area (Å²) >= 11 is 0. The molecule has 0 aliphatic heterocycles. The highest BCUT2D eigenvalue weighted by atomic mass is 16.5. The maximum absolute atomic E-state index is 11.6. The van der Waals surface area contributed by atoms with E-state index in [-0.39, 0.29) is 12.5 Å². The van der Waals surface area contributed by atoms with E-state index in [0.717, 1.165) is 17.5 Å². The van der Waals surface area contributed by atoms with Gasteiger partial charge < -0.3 is 20.3 Å². The number of aliphatic carboxylic acids is 1. The second kappa shape index (κ2) is 9.41. The molecule has 0 atom stereocenters. The Bertz CT molecular complexity index is 697. The Morgan fingerprint density at radius 2 is 1.88 bits per heavy atom. The van der Waals surface area contributed by atoms with Crippen LogP contribution >= 0.6 is 0 Å². The van der Waals surface area contributed by atoms with Crippen LogP contribution in [-0.2, 0) is 17.6 Å². The topological polar surface area (TPSA) is 117 Å². The average molecular weight is 346 g/mol. The second-order valence-electron chi connectivity index (χ2n) is 5.50. The molecule has 1 heterocycles. The van der Waals surface area contributed by atoms with Crippen molar-refractivity contribution in [1.29, 1.82) is 0 Å². The lowest BCUT2D eigenvalue weighted by Gasteiger charge is -2.07. The van der Waals surface area contributed by atoms with Crippen molar-refractivity contribution < 1.29 is 19.2 Å². The zero-order chi connectivity index (χ0) is 18.1. The van der Waals surface area contributed by atoms with Gasteiger partial charge in [0.1, 0.15) is 0 Å². The Hall–Kier alpha value is -2.90. The molecule has 2 aromatic rings. The number of carboxylic acids is 1. The third-order valence-electron chi connectivity index (χ3n) is 3.54. The molecule has 0 spiro atoms. The second-order valence-corrected chi connectivity index (χ2v) is 5.50. The zero-order valence-corrected chi connectivity index (χ0v) is 14.1. The lowest BCUT2D eigenvalue weighted by Crippen LogP contribution is -2.37. The molecule has 25 heavy (non-hydrogen) atoms. The molecule has 0 radical (unpaired) electrons. The van der Waals surface area contributed by atoms with Gasteiger partial charge in [0, 0.05) is 31.5 Å². The minimum atomic E-state index is -0.864. The van der Waals surface area contributed by atoms with Gasteiger partial charge in [0.05, 0.1) is 0 Å². The molecule has 2 rings (SSSR count). The first-order chi connectivity index (χ1) is 12.1. The van der Waals surface area contributed by atoms with Gasteiger partial charge in [0.2, 0.25) is 0 Å². The van der Waals surface area contributed by atoms with E-state index in [0.29, 0.717) is 37.6 Å². The van der Waals surface area contributed by atoms with Crippen LogP contribution in [0.25, 0.3) is 11.5 Å². The maximum Gasteiger partial charge on any atom is 0.314 e. The summed E-state index contributed by atoms with van der Waals surface area (Å²) in [6.07, 6.45) is 1.88. The Morgan fingerprint density at radius 3 is 2.52 bits per heavy atom. The SMILES string of the molecule is CCc1noc(-c2ccc(CCNC(=O)NCCCC(=O)O)cc2)n1. The fraction of sp³-hybridized carbons (Fsp3) is 0.412. The molecular weight excluding hydrogens is 324 g/mol. The molecule has 1 aromatic carbocycles. The number of carbonyl (C=O) groups excluding carboxylic acids is 1. The number of carboxylic acid groups (broad SMARTS) is 1. The molecule has 0 unspecified atom stereocenters. The van der Waals surface area contributed by atoms with Crippen molar-refractivity contribution in [3.8, 4) is 11.5 Å². The number of urea groups is 1. The molecule has 2 amide bonds.